The second kappa shape index (κ2) is 6.70. The number of carbonyl (C=O) groups excluding carboxylic acids is 1. The normalized spacial score (nSPS) is 13.4. The van der Waals surface area contributed by atoms with Crippen molar-refractivity contribution in [2.24, 2.45) is 0 Å². The summed E-state index contributed by atoms with van der Waals surface area (Å²) >= 11 is 0. The summed E-state index contributed by atoms with van der Waals surface area (Å²) in [6, 6.07) is 10.5. The molecule has 3 rings (SSSR count). The molecule has 0 radical (unpaired) electrons. The molecule has 2 aromatic carbocycles. The molecular formula is C18H18O6. The van der Waals surface area contributed by atoms with E-state index >= 15 is 0 Å². The van der Waals surface area contributed by atoms with Crippen molar-refractivity contribution in [2.45, 2.75) is 12.8 Å². The number of benzene rings is 2. The van der Waals surface area contributed by atoms with Crippen LogP contribution in [0.2, 0.25) is 0 Å². The van der Waals surface area contributed by atoms with Gasteiger partial charge in [-0.1, -0.05) is 19.1 Å². The number of phenolic OH excluding ortho intramolecular Hbond substituents is 1. The van der Waals surface area contributed by atoms with Gasteiger partial charge in [0.15, 0.2) is 18.1 Å². The fourth-order valence-electron chi connectivity index (χ4n) is 2.54. The van der Waals surface area contributed by atoms with Gasteiger partial charge in [-0.2, -0.15) is 0 Å². The first-order chi connectivity index (χ1) is 11.6. The predicted molar refractivity (Wildman–Crippen MR) is 85.7 cm³/mol. The summed E-state index contributed by atoms with van der Waals surface area (Å²) in [5, 5.41) is 9.45. The summed E-state index contributed by atoms with van der Waals surface area (Å²) in [6.45, 7) is 1.98. The number of esters is 1. The van der Waals surface area contributed by atoms with Gasteiger partial charge in [-0.05, 0) is 23.8 Å². The standard InChI is InChI=1S/C18H18O6/c1-11(12-3-5-13(19)6-4-12)14-7-16-17(24-10-23-16)8-15(14)22-9-18(20)21-2/h3-8,11,19H,9-10H2,1-2H3. The van der Waals surface area contributed by atoms with E-state index in [1.54, 1.807) is 18.2 Å². The van der Waals surface area contributed by atoms with Gasteiger partial charge >= 0.3 is 5.97 Å². The first-order valence-corrected chi connectivity index (χ1v) is 7.50. The van der Waals surface area contributed by atoms with E-state index in [9.17, 15) is 9.90 Å². The molecular weight excluding hydrogens is 312 g/mol. The number of hydrogen-bond donors (Lipinski definition) is 1. The molecule has 1 unspecified atom stereocenters. The van der Waals surface area contributed by atoms with E-state index < -0.39 is 5.97 Å². The lowest BCUT2D eigenvalue weighted by Crippen LogP contribution is -2.14. The van der Waals surface area contributed by atoms with Crippen molar-refractivity contribution in [2.75, 3.05) is 20.5 Å². The summed E-state index contributed by atoms with van der Waals surface area (Å²) in [7, 11) is 1.31. The van der Waals surface area contributed by atoms with Crippen molar-refractivity contribution >= 4 is 5.97 Å². The van der Waals surface area contributed by atoms with Gasteiger partial charge in [0.1, 0.15) is 11.5 Å². The minimum absolute atomic E-state index is 0.0345. The fraction of sp³-hybridized carbons (Fsp3) is 0.278. The molecule has 1 heterocycles. The zero-order chi connectivity index (χ0) is 17.1. The molecule has 6 heteroatoms. The highest BCUT2D eigenvalue weighted by Crippen LogP contribution is 2.42. The minimum Gasteiger partial charge on any atom is -0.508 e. The minimum atomic E-state index is -0.462. The quantitative estimate of drug-likeness (QED) is 0.850. The molecule has 1 atom stereocenters. The maximum absolute atomic E-state index is 11.4. The molecule has 0 saturated heterocycles. The van der Waals surface area contributed by atoms with Gasteiger partial charge in [0.2, 0.25) is 6.79 Å². The van der Waals surface area contributed by atoms with E-state index in [0.717, 1.165) is 11.1 Å². The Morgan fingerprint density at radius 2 is 1.88 bits per heavy atom. The molecule has 1 N–H and O–H groups in total. The number of aromatic hydroxyl groups is 1. The first kappa shape index (κ1) is 16.0. The van der Waals surface area contributed by atoms with Crippen LogP contribution in [0.1, 0.15) is 24.0 Å². The van der Waals surface area contributed by atoms with Crippen LogP contribution in [0.4, 0.5) is 0 Å². The van der Waals surface area contributed by atoms with E-state index in [1.165, 1.54) is 7.11 Å². The van der Waals surface area contributed by atoms with Gasteiger partial charge in [-0.3, -0.25) is 0 Å². The van der Waals surface area contributed by atoms with Gasteiger partial charge in [-0.15, -0.1) is 0 Å². The van der Waals surface area contributed by atoms with Crippen molar-refractivity contribution < 1.29 is 28.8 Å². The van der Waals surface area contributed by atoms with Crippen LogP contribution in [0.5, 0.6) is 23.0 Å². The summed E-state index contributed by atoms with van der Waals surface area (Å²) < 4.78 is 21.1. The highest BCUT2D eigenvalue weighted by atomic mass is 16.7. The van der Waals surface area contributed by atoms with Crippen LogP contribution >= 0.6 is 0 Å². The maximum Gasteiger partial charge on any atom is 0.343 e. The molecule has 0 spiro atoms. The van der Waals surface area contributed by atoms with Crippen LogP contribution in [-0.4, -0.2) is 31.6 Å². The van der Waals surface area contributed by atoms with Gasteiger partial charge in [-0.25, -0.2) is 4.79 Å². The Hall–Kier alpha value is -2.89. The van der Waals surface area contributed by atoms with Crippen molar-refractivity contribution in [1.29, 1.82) is 0 Å². The molecule has 0 saturated carbocycles. The number of ether oxygens (including phenoxy) is 4. The topological polar surface area (TPSA) is 74.2 Å². The maximum atomic E-state index is 11.4. The van der Waals surface area contributed by atoms with E-state index in [0.29, 0.717) is 17.2 Å². The molecule has 0 aliphatic carbocycles. The number of fused-ring (bicyclic) bond motifs is 1. The Morgan fingerprint density at radius 3 is 2.54 bits per heavy atom. The predicted octanol–water partition coefficient (Wildman–Crippen LogP) is 2.82. The molecule has 0 amide bonds. The van der Waals surface area contributed by atoms with E-state index in [1.807, 2.05) is 25.1 Å². The van der Waals surface area contributed by atoms with E-state index in [2.05, 4.69) is 4.74 Å². The number of carbonyl (C=O) groups is 1. The summed E-state index contributed by atoms with van der Waals surface area (Å²) in [4.78, 5) is 11.4. The van der Waals surface area contributed by atoms with E-state index in [4.69, 9.17) is 14.2 Å². The largest absolute Gasteiger partial charge is 0.508 e. The summed E-state index contributed by atoms with van der Waals surface area (Å²) in [6.07, 6.45) is 0. The lowest BCUT2D eigenvalue weighted by Gasteiger charge is -2.18. The van der Waals surface area contributed by atoms with Crippen LogP contribution in [0.15, 0.2) is 36.4 Å². The summed E-state index contributed by atoms with van der Waals surface area (Å²) in [5.74, 6) is 1.46. The number of phenols is 1. The highest BCUT2D eigenvalue weighted by Gasteiger charge is 2.22. The zero-order valence-electron chi connectivity index (χ0n) is 13.4. The van der Waals surface area contributed by atoms with Gasteiger partial charge in [0, 0.05) is 17.5 Å². The van der Waals surface area contributed by atoms with Crippen LogP contribution in [0.3, 0.4) is 0 Å². The zero-order valence-corrected chi connectivity index (χ0v) is 13.4. The third kappa shape index (κ3) is 3.22. The second-order valence-corrected chi connectivity index (χ2v) is 5.42. The second-order valence-electron chi connectivity index (χ2n) is 5.42. The summed E-state index contributed by atoms with van der Waals surface area (Å²) in [5.41, 5.74) is 1.85. The third-order valence-electron chi connectivity index (χ3n) is 3.94. The van der Waals surface area contributed by atoms with Crippen molar-refractivity contribution in [3.63, 3.8) is 0 Å². The Balaban J connectivity index is 1.94. The van der Waals surface area contributed by atoms with Crippen molar-refractivity contribution in [3.8, 4) is 23.0 Å². The van der Waals surface area contributed by atoms with Gasteiger partial charge in [0.25, 0.3) is 0 Å². The molecule has 1 aliphatic heterocycles. The monoisotopic (exact) mass is 330 g/mol. The van der Waals surface area contributed by atoms with Crippen LogP contribution in [0, 0.1) is 0 Å². The first-order valence-electron chi connectivity index (χ1n) is 7.50. The third-order valence-corrected chi connectivity index (χ3v) is 3.94. The Labute approximate surface area is 139 Å². The molecule has 126 valence electrons. The van der Waals surface area contributed by atoms with Crippen molar-refractivity contribution in [3.05, 3.63) is 47.5 Å². The Bertz CT molecular complexity index is 738. The smallest absolute Gasteiger partial charge is 0.343 e. The fourth-order valence-corrected chi connectivity index (χ4v) is 2.54. The average molecular weight is 330 g/mol. The average Bonchev–Trinajstić information content (AvgIpc) is 3.06. The Kier molecular flexibility index (Phi) is 4.46. The van der Waals surface area contributed by atoms with Crippen LogP contribution < -0.4 is 14.2 Å². The number of rotatable bonds is 5. The molecule has 1 aliphatic rings. The molecule has 0 fully saturated rings. The molecule has 24 heavy (non-hydrogen) atoms. The Morgan fingerprint density at radius 1 is 1.21 bits per heavy atom. The molecule has 2 aromatic rings. The molecule has 0 aromatic heterocycles. The highest BCUT2D eigenvalue weighted by molar-refractivity contribution is 5.71. The molecule has 0 bridgehead atoms. The lowest BCUT2D eigenvalue weighted by atomic mass is 9.92. The van der Waals surface area contributed by atoms with E-state index in [-0.39, 0.29) is 25.1 Å². The molecule has 6 nitrogen and oxygen atoms in total. The SMILES string of the molecule is COC(=O)COc1cc2c(cc1C(C)c1ccc(O)cc1)OCO2. The van der Waals surface area contributed by atoms with Crippen LogP contribution in [-0.2, 0) is 9.53 Å². The van der Waals surface area contributed by atoms with Crippen molar-refractivity contribution in [1.82, 2.24) is 0 Å². The number of hydrogen-bond acceptors (Lipinski definition) is 6. The number of methoxy groups -OCH3 is 1. The van der Waals surface area contributed by atoms with Crippen LogP contribution in [0.25, 0.3) is 0 Å². The van der Waals surface area contributed by atoms with Gasteiger partial charge < -0.3 is 24.1 Å². The lowest BCUT2D eigenvalue weighted by molar-refractivity contribution is -0.142. The van der Waals surface area contributed by atoms with Gasteiger partial charge in [0.05, 0.1) is 7.11 Å².